The van der Waals surface area contributed by atoms with E-state index >= 15 is 0 Å². The molecule has 0 aromatic carbocycles. The number of nitrogens with zero attached hydrogens (tertiary/aromatic N) is 5. The van der Waals surface area contributed by atoms with Crippen molar-refractivity contribution in [2.24, 2.45) is 0 Å². The first-order valence-corrected chi connectivity index (χ1v) is 14.3. The van der Waals surface area contributed by atoms with Crippen LogP contribution in [0.2, 0.25) is 4.34 Å². The zero-order valence-corrected chi connectivity index (χ0v) is 23.2. The molecular formula is C26H33ClN6O4S. The lowest BCUT2D eigenvalue weighted by molar-refractivity contribution is 0.0540. The fraction of sp³-hybridized carbons (Fsp3) is 0.538. The number of piperidine rings is 2. The molecule has 0 aliphatic carbocycles. The lowest BCUT2D eigenvalue weighted by atomic mass is 10.0. The number of aliphatic hydroxyl groups is 1. The topological polar surface area (TPSA) is 117 Å². The summed E-state index contributed by atoms with van der Waals surface area (Å²) >= 11 is 7.44. The van der Waals surface area contributed by atoms with E-state index in [4.69, 9.17) is 16.1 Å². The number of aromatic nitrogens is 3. The summed E-state index contributed by atoms with van der Waals surface area (Å²) in [5.74, 6) is 0.0709. The maximum atomic E-state index is 13.4. The first-order valence-electron chi connectivity index (χ1n) is 13.1. The largest absolute Gasteiger partial charge is 0.393 e. The molecule has 12 heteroatoms. The third-order valence-corrected chi connectivity index (χ3v) is 8.51. The highest BCUT2D eigenvalue weighted by molar-refractivity contribution is 7.19. The van der Waals surface area contributed by atoms with Gasteiger partial charge in [0.25, 0.3) is 11.8 Å². The van der Waals surface area contributed by atoms with Gasteiger partial charge in [-0.1, -0.05) is 16.8 Å². The van der Waals surface area contributed by atoms with Crippen LogP contribution in [-0.4, -0.2) is 86.0 Å². The van der Waals surface area contributed by atoms with E-state index in [0.717, 1.165) is 30.8 Å². The van der Waals surface area contributed by atoms with Gasteiger partial charge in [-0.05, 0) is 51.7 Å². The van der Waals surface area contributed by atoms with Gasteiger partial charge in [0, 0.05) is 50.4 Å². The molecule has 0 spiro atoms. The third-order valence-electron chi connectivity index (χ3n) is 7.27. The highest BCUT2D eigenvalue weighted by Gasteiger charge is 2.28. The highest BCUT2D eigenvalue weighted by atomic mass is 35.5. The van der Waals surface area contributed by atoms with E-state index in [1.165, 1.54) is 16.0 Å². The molecule has 2 fully saturated rings. The van der Waals surface area contributed by atoms with Gasteiger partial charge in [-0.25, -0.2) is 0 Å². The quantitative estimate of drug-likeness (QED) is 0.454. The van der Waals surface area contributed by atoms with E-state index < -0.39 is 0 Å². The summed E-state index contributed by atoms with van der Waals surface area (Å²) in [6, 6.07) is 7.55. The van der Waals surface area contributed by atoms with Crippen molar-refractivity contribution in [3.05, 3.63) is 45.7 Å². The molecule has 3 aromatic heterocycles. The van der Waals surface area contributed by atoms with Gasteiger partial charge in [-0.3, -0.25) is 14.3 Å². The fourth-order valence-electron chi connectivity index (χ4n) is 4.98. The van der Waals surface area contributed by atoms with E-state index in [1.807, 2.05) is 6.07 Å². The minimum atomic E-state index is -0.389. The number of rotatable bonds is 7. The number of nitrogens with one attached hydrogen (secondary N) is 1. The van der Waals surface area contributed by atoms with Crippen molar-refractivity contribution in [2.45, 2.75) is 64.3 Å². The van der Waals surface area contributed by atoms with Gasteiger partial charge in [0.1, 0.15) is 11.4 Å². The van der Waals surface area contributed by atoms with Crippen molar-refractivity contribution >= 4 is 34.8 Å². The molecule has 10 nitrogen and oxygen atoms in total. The maximum absolute atomic E-state index is 13.4. The second kappa shape index (κ2) is 11.6. The molecule has 2 saturated heterocycles. The van der Waals surface area contributed by atoms with Gasteiger partial charge in [0.2, 0.25) is 0 Å². The number of amides is 2. The molecular weight excluding hydrogens is 528 g/mol. The van der Waals surface area contributed by atoms with Crippen LogP contribution in [0.4, 0.5) is 0 Å². The van der Waals surface area contributed by atoms with Crippen molar-refractivity contribution < 1.29 is 19.2 Å². The van der Waals surface area contributed by atoms with Gasteiger partial charge < -0.3 is 24.7 Å². The Bertz CT molecular complexity index is 1270. The third kappa shape index (κ3) is 6.12. The molecule has 2 aliphatic rings. The van der Waals surface area contributed by atoms with Gasteiger partial charge in [0.15, 0.2) is 11.5 Å². The summed E-state index contributed by atoms with van der Waals surface area (Å²) in [6.07, 6.45) is 2.41. The van der Waals surface area contributed by atoms with Crippen molar-refractivity contribution in [2.75, 3.05) is 26.2 Å². The summed E-state index contributed by atoms with van der Waals surface area (Å²) in [5.41, 5.74) is 1.09. The smallest absolute Gasteiger partial charge is 0.274 e. The maximum Gasteiger partial charge on any atom is 0.274 e. The SMILES string of the molecule is CC(C)N1CCC(NC(=O)c2cc(C(=O)N3CCC(O)CC3)nn2Cc2cc(-c3ccc(Cl)s3)on2)CC1. The second-order valence-corrected chi connectivity index (χ2v) is 12.0. The zero-order valence-electron chi connectivity index (χ0n) is 21.6. The van der Waals surface area contributed by atoms with Gasteiger partial charge in [-0.2, -0.15) is 5.10 Å². The molecule has 2 amide bonds. The van der Waals surface area contributed by atoms with E-state index in [0.29, 0.717) is 53.5 Å². The van der Waals surface area contributed by atoms with Crippen LogP contribution in [0.25, 0.3) is 10.6 Å². The van der Waals surface area contributed by atoms with Crippen LogP contribution in [0.15, 0.2) is 28.8 Å². The molecule has 2 N–H and O–H groups in total. The Hall–Kier alpha value is -2.73. The van der Waals surface area contributed by atoms with Gasteiger partial charge >= 0.3 is 0 Å². The minimum absolute atomic E-state index is 0.0609. The average Bonchev–Trinajstić information content (AvgIpc) is 3.65. The van der Waals surface area contributed by atoms with E-state index in [9.17, 15) is 14.7 Å². The summed E-state index contributed by atoms with van der Waals surface area (Å²) < 4.78 is 7.67. The van der Waals surface area contributed by atoms with Crippen molar-refractivity contribution in [3.8, 4) is 10.6 Å². The van der Waals surface area contributed by atoms with Crippen LogP contribution in [0.3, 0.4) is 0 Å². The van der Waals surface area contributed by atoms with Crippen molar-refractivity contribution in [3.63, 3.8) is 0 Å². The molecule has 38 heavy (non-hydrogen) atoms. The number of thiophene rings is 1. The van der Waals surface area contributed by atoms with Crippen molar-refractivity contribution in [1.29, 1.82) is 0 Å². The number of carbonyl (C=O) groups is 2. The van der Waals surface area contributed by atoms with Gasteiger partial charge in [0.05, 0.1) is 21.9 Å². The summed E-state index contributed by atoms with van der Waals surface area (Å²) in [7, 11) is 0. The molecule has 3 aromatic rings. The second-order valence-electron chi connectivity index (χ2n) is 10.3. The minimum Gasteiger partial charge on any atom is -0.393 e. The fourth-order valence-corrected chi connectivity index (χ4v) is 5.97. The first kappa shape index (κ1) is 26.9. The molecule has 0 bridgehead atoms. The summed E-state index contributed by atoms with van der Waals surface area (Å²) in [5, 5.41) is 21.7. The van der Waals surface area contributed by atoms with Gasteiger partial charge in [-0.15, -0.1) is 11.3 Å². The normalized spacial score (nSPS) is 17.9. The van der Waals surface area contributed by atoms with Crippen LogP contribution < -0.4 is 5.32 Å². The van der Waals surface area contributed by atoms with Crippen LogP contribution in [0, 0.1) is 0 Å². The predicted molar refractivity (Wildman–Crippen MR) is 144 cm³/mol. The Morgan fingerprint density at radius 2 is 1.89 bits per heavy atom. The lowest BCUT2D eigenvalue weighted by Crippen LogP contribution is -2.46. The Kier molecular flexibility index (Phi) is 8.18. The zero-order chi connectivity index (χ0) is 26.8. The van der Waals surface area contributed by atoms with Crippen molar-refractivity contribution in [1.82, 2.24) is 30.1 Å². The van der Waals surface area contributed by atoms with Crippen LogP contribution in [0.1, 0.15) is 66.2 Å². The van der Waals surface area contributed by atoms with E-state index in [2.05, 4.69) is 34.3 Å². The standard InChI is InChI=1S/C26H33ClN6O4S/c1-16(2)31-9-5-17(6-10-31)28-25(35)21-14-20(26(36)32-11-7-19(34)8-12-32)29-33(21)15-18-13-22(37-30-18)23-3-4-24(27)38-23/h3-4,13-14,16-17,19,34H,5-12,15H2,1-2H3,(H,28,35). The molecule has 0 unspecified atom stereocenters. The lowest BCUT2D eigenvalue weighted by Gasteiger charge is -2.34. The molecule has 204 valence electrons. The molecule has 0 radical (unpaired) electrons. The van der Waals surface area contributed by atoms with Crippen LogP contribution >= 0.6 is 22.9 Å². The average molecular weight is 561 g/mol. The molecule has 5 rings (SSSR count). The van der Waals surface area contributed by atoms with Crippen LogP contribution in [0.5, 0.6) is 0 Å². The Balaban J connectivity index is 1.35. The number of aliphatic hydroxyl groups excluding tert-OH is 1. The molecule has 0 atom stereocenters. The monoisotopic (exact) mass is 560 g/mol. The number of hydrogen-bond acceptors (Lipinski definition) is 8. The number of likely N-dealkylation sites (tertiary alicyclic amines) is 2. The Morgan fingerprint density at radius 3 is 2.55 bits per heavy atom. The molecule has 0 saturated carbocycles. The number of hydrogen-bond donors (Lipinski definition) is 2. The number of carbonyl (C=O) groups excluding carboxylic acids is 2. The predicted octanol–water partition coefficient (Wildman–Crippen LogP) is 3.50. The molecule has 5 heterocycles. The first-order chi connectivity index (χ1) is 18.3. The Labute approximate surface area is 230 Å². The van der Waals surface area contributed by atoms with E-state index in [1.54, 1.807) is 23.1 Å². The number of halogens is 1. The highest BCUT2D eigenvalue weighted by Crippen LogP contribution is 2.31. The van der Waals surface area contributed by atoms with Crippen LogP contribution in [-0.2, 0) is 6.54 Å². The Morgan fingerprint density at radius 1 is 1.16 bits per heavy atom. The summed E-state index contributed by atoms with van der Waals surface area (Å²) in [4.78, 5) is 31.6. The van der Waals surface area contributed by atoms with E-state index in [-0.39, 0.29) is 36.2 Å². The molecule has 2 aliphatic heterocycles. The summed E-state index contributed by atoms with van der Waals surface area (Å²) in [6.45, 7) is 7.31.